The Kier molecular flexibility index (Phi) is 4.94. The Morgan fingerprint density at radius 3 is 2.17 bits per heavy atom. The summed E-state index contributed by atoms with van der Waals surface area (Å²) in [6.45, 7) is 3.79. The molecule has 0 atom stereocenters. The Morgan fingerprint density at radius 2 is 1.55 bits per heavy atom. The van der Waals surface area contributed by atoms with E-state index in [9.17, 15) is 14.4 Å². The van der Waals surface area contributed by atoms with Crippen LogP contribution in [-0.4, -0.2) is 38.4 Å². The van der Waals surface area contributed by atoms with Crippen molar-refractivity contribution >= 4 is 29.5 Å². The van der Waals surface area contributed by atoms with Gasteiger partial charge in [-0.25, -0.2) is 9.48 Å². The van der Waals surface area contributed by atoms with Crippen molar-refractivity contribution < 1.29 is 19.2 Å². The zero-order valence-corrected chi connectivity index (χ0v) is 16.6. The predicted molar refractivity (Wildman–Crippen MR) is 107 cm³/mol. The molecule has 29 heavy (non-hydrogen) atoms. The molecule has 146 valence electrons. The van der Waals surface area contributed by atoms with Crippen molar-refractivity contribution in [2.24, 2.45) is 0 Å². The highest BCUT2D eigenvalue weighted by Crippen LogP contribution is 2.29. The lowest BCUT2D eigenvalue weighted by Crippen LogP contribution is -2.33. The number of hydrogen-bond acceptors (Lipinski definition) is 6. The van der Waals surface area contributed by atoms with Gasteiger partial charge in [0.15, 0.2) is 0 Å². The van der Waals surface area contributed by atoms with E-state index in [4.69, 9.17) is 4.84 Å². The molecular weight excluding hydrogens is 390 g/mol. The van der Waals surface area contributed by atoms with Crippen molar-refractivity contribution in [3.63, 3.8) is 0 Å². The first kappa shape index (κ1) is 18.9. The number of carbonyl (C=O) groups is 3. The van der Waals surface area contributed by atoms with Gasteiger partial charge in [0.1, 0.15) is 0 Å². The number of hydrogen-bond donors (Lipinski definition) is 0. The second-order valence-electron chi connectivity index (χ2n) is 6.45. The molecule has 0 unspecified atom stereocenters. The lowest BCUT2D eigenvalue weighted by atomic mass is 10.1. The van der Waals surface area contributed by atoms with Gasteiger partial charge in [0.2, 0.25) is 0 Å². The standard InChI is InChI=1S/C21H17N3O4S/c1-13-19(14(2)23(22-13)15-8-4-3-5-9-15)29-12-18(25)28-24-20(26)16-10-6-7-11-17(16)21(24)27/h3-11H,12H2,1-2H3. The van der Waals surface area contributed by atoms with E-state index in [0.717, 1.165) is 22.0 Å². The molecule has 0 N–H and O–H groups in total. The SMILES string of the molecule is Cc1nn(-c2ccccc2)c(C)c1SCC(=O)ON1C(=O)c2ccccc2C1=O. The second kappa shape index (κ2) is 7.56. The predicted octanol–water partition coefficient (Wildman–Crippen LogP) is 3.34. The average Bonchev–Trinajstić information content (AvgIpc) is 3.15. The van der Waals surface area contributed by atoms with Crippen LogP contribution in [0, 0.1) is 13.8 Å². The molecule has 1 aliphatic rings. The molecule has 1 aliphatic heterocycles. The number of aromatic nitrogens is 2. The summed E-state index contributed by atoms with van der Waals surface area (Å²) in [4.78, 5) is 42.8. The molecule has 7 nitrogen and oxygen atoms in total. The van der Waals surface area contributed by atoms with Gasteiger partial charge in [0, 0.05) is 0 Å². The van der Waals surface area contributed by atoms with Gasteiger partial charge in [-0.2, -0.15) is 5.10 Å². The smallest absolute Gasteiger partial charge is 0.329 e. The van der Waals surface area contributed by atoms with Crippen molar-refractivity contribution in [2.45, 2.75) is 18.7 Å². The maximum Gasteiger partial charge on any atom is 0.343 e. The fraction of sp³-hybridized carbons (Fsp3) is 0.143. The van der Waals surface area contributed by atoms with Gasteiger partial charge < -0.3 is 4.84 Å². The van der Waals surface area contributed by atoms with Crippen molar-refractivity contribution in [3.05, 3.63) is 77.1 Å². The maximum absolute atomic E-state index is 12.3. The van der Waals surface area contributed by atoms with Crippen LogP contribution in [0.1, 0.15) is 32.1 Å². The topological polar surface area (TPSA) is 81.5 Å². The highest BCUT2D eigenvalue weighted by atomic mass is 32.2. The van der Waals surface area contributed by atoms with Crippen LogP contribution < -0.4 is 0 Å². The molecule has 0 radical (unpaired) electrons. The van der Waals surface area contributed by atoms with Crippen LogP contribution in [0.2, 0.25) is 0 Å². The summed E-state index contributed by atoms with van der Waals surface area (Å²) in [5, 5.41) is 5.07. The van der Waals surface area contributed by atoms with Crippen LogP contribution >= 0.6 is 11.8 Å². The molecule has 1 aromatic heterocycles. The van der Waals surface area contributed by atoms with E-state index >= 15 is 0 Å². The molecular formula is C21H17N3O4S. The number of imide groups is 1. The number of nitrogens with zero attached hydrogens (tertiary/aromatic N) is 3. The summed E-state index contributed by atoms with van der Waals surface area (Å²) < 4.78 is 1.81. The van der Waals surface area contributed by atoms with E-state index < -0.39 is 17.8 Å². The molecule has 2 aromatic carbocycles. The van der Waals surface area contributed by atoms with E-state index in [1.54, 1.807) is 12.1 Å². The first-order chi connectivity index (χ1) is 14.0. The monoisotopic (exact) mass is 407 g/mol. The Bertz CT molecular complexity index is 1090. The Morgan fingerprint density at radius 1 is 0.966 bits per heavy atom. The van der Waals surface area contributed by atoms with Crippen molar-refractivity contribution in [3.8, 4) is 5.69 Å². The van der Waals surface area contributed by atoms with Crippen molar-refractivity contribution in [2.75, 3.05) is 5.75 Å². The lowest BCUT2D eigenvalue weighted by Gasteiger charge is -2.12. The number of amides is 2. The molecule has 2 amide bonds. The van der Waals surface area contributed by atoms with Crippen LogP contribution in [0.25, 0.3) is 5.69 Å². The normalized spacial score (nSPS) is 13.0. The third kappa shape index (κ3) is 3.42. The number of para-hydroxylation sites is 1. The van der Waals surface area contributed by atoms with Crippen LogP contribution in [0.4, 0.5) is 0 Å². The summed E-state index contributed by atoms with van der Waals surface area (Å²) >= 11 is 1.26. The van der Waals surface area contributed by atoms with E-state index in [1.165, 1.54) is 23.9 Å². The summed E-state index contributed by atoms with van der Waals surface area (Å²) in [5.74, 6) is -2.01. The van der Waals surface area contributed by atoms with Gasteiger partial charge in [0.25, 0.3) is 11.8 Å². The minimum absolute atomic E-state index is 0.0600. The van der Waals surface area contributed by atoms with Crippen molar-refractivity contribution in [1.29, 1.82) is 0 Å². The lowest BCUT2D eigenvalue weighted by molar-refractivity contribution is -0.165. The van der Waals surface area contributed by atoms with E-state index in [1.807, 2.05) is 48.9 Å². The number of fused-ring (bicyclic) bond motifs is 1. The average molecular weight is 407 g/mol. The summed E-state index contributed by atoms with van der Waals surface area (Å²) in [7, 11) is 0. The van der Waals surface area contributed by atoms with Gasteiger partial charge in [-0.05, 0) is 38.1 Å². The molecule has 8 heteroatoms. The van der Waals surface area contributed by atoms with Gasteiger partial charge >= 0.3 is 5.97 Å². The quantitative estimate of drug-likeness (QED) is 0.477. The Hall–Kier alpha value is -3.39. The van der Waals surface area contributed by atoms with E-state index in [2.05, 4.69) is 5.10 Å². The fourth-order valence-corrected chi connectivity index (χ4v) is 4.03. The van der Waals surface area contributed by atoms with Gasteiger partial charge in [-0.3, -0.25) is 9.59 Å². The number of carbonyl (C=O) groups excluding carboxylic acids is 3. The molecule has 0 saturated carbocycles. The fourth-order valence-electron chi connectivity index (χ4n) is 3.17. The third-order valence-electron chi connectivity index (χ3n) is 4.51. The maximum atomic E-state index is 12.3. The second-order valence-corrected chi connectivity index (χ2v) is 7.44. The minimum Gasteiger partial charge on any atom is -0.329 e. The number of thioether (sulfide) groups is 1. The minimum atomic E-state index is -0.684. The van der Waals surface area contributed by atoms with Crippen molar-refractivity contribution in [1.82, 2.24) is 14.8 Å². The molecule has 0 bridgehead atoms. The third-order valence-corrected chi connectivity index (χ3v) is 5.77. The molecule has 0 saturated heterocycles. The Balaban J connectivity index is 1.44. The highest BCUT2D eigenvalue weighted by molar-refractivity contribution is 8.00. The number of aryl methyl sites for hydroxylation is 1. The number of rotatable bonds is 5. The number of hydroxylamine groups is 2. The molecule has 3 aromatic rings. The zero-order valence-electron chi connectivity index (χ0n) is 15.8. The van der Waals surface area contributed by atoms with Gasteiger partial charge in [0.05, 0.1) is 38.9 Å². The van der Waals surface area contributed by atoms with E-state index in [0.29, 0.717) is 5.06 Å². The summed E-state index contributed by atoms with van der Waals surface area (Å²) in [6, 6.07) is 16.1. The van der Waals surface area contributed by atoms with Gasteiger partial charge in [-0.1, -0.05) is 35.4 Å². The van der Waals surface area contributed by atoms with Crippen LogP contribution in [0.3, 0.4) is 0 Å². The largest absolute Gasteiger partial charge is 0.343 e. The van der Waals surface area contributed by atoms with Crippen LogP contribution in [0.5, 0.6) is 0 Å². The van der Waals surface area contributed by atoms with Gasteiger partial charge in [-0.15, -0.1) is 11.8 Å². The summed E-state index contributed by atoms with van der Waals surface area (Å²) in [6.07, 6.45) is 0. The van der Waals surface area contributed by atoms with Crippen LogP contribution in [-0.2, 0) is 9.63 Å². The first-order valence-corrected chi connectivity index (χ1v) is 9.89. The van der Waals surface area contributed by atoms with Crippen LogP contribution in [0.15, 0.2) is 59.5 Å². The molecule has 0 aliphatic carbocycles. The molecule has 0 spiro atoms. The number of benzene rings is 2. The molecule has 4 rings (SSSR count). The van der Waals surface area contributed by atoms with E-state index in [-0.39, 0.29) is 16.9 Å². The molecule has 2 heterocycles. The molecule has 0 fully saturated rings. The highest BCUT2D eigenvalue weighted by Gasteiger charge is 2.38. The summed E-state index contributed by atoms with van der Waals surface area (Å²) in [5.41, 5.74) is 3.06. The first-order valence-electron chi connectivity index (χ1n) is 8.90. The Labute approximate surface area is 171 Å². The zero-order chi connectivity index (χ0) is 20.5.